The van der Waals surface area contributed by atoms with Gasteiger partial charge < -0.3 is 10.2 Å². The second-order valence-electron chi connectivity index (χ2n) is 6.87. The first kappa shape index (κ1) is 20.7. The van der Waals surface area contributed by atoms with Crippen molar-refractivity contribution in [2.75, 3.05) is 26.2 Å². The van der Waals surface area contributed by atoms with Crippen LogP contribution in [0.4, 0.5) is 0 Å². The summed E-state index contributed by atoms with van der Waals surface area (Å²) in [5, 5.41) is 10.5. The van der Waals surface area contributed by atoms with Crippen molar-refractivity contribution in [2.45, 2.75) is 19.8 Å². The van der Waals surface area contributed by atoms with E-state index in [0.717, 1.165) is 67.8 Å². The van der Waals surface area contributed by atoms with Gasteiger partial charge in [-0.1, -0.05) is 12.1 Å². The molecule has 0 aliphatic carbocycles. The van der Waals surface area contributed by atoms with E-state index < -0.39 is 0 Å². The first-order valence-corrected chi connectivity index (χ1v) is 8.70. The summed E-state index contributed by atoms with van der Waals surface area (Å²) < 4.78 is 0. The quantitative estimate of drug-likeness (QED) is 0.816. The molecule has 2 aromatic rings. The molecule has 8 heteroatoms. The van der Waals surface area contributed by atoms with E-state index in [1.54, 1.807) is 0 Å². The van der Waals surface area contributed by atoms with E-state index in [4.69, 9.17) is 0 Å². The molecule has 2 saturated heterocycles. The molecule has 0 bridgehead atoms. The fourth-order valence-electron chi connectivity index (χ4n) is 3.87. The molecule has 0 radical (unpaired) electrons. The predicted molar refractivity (Wildman–Crippen MR) is 106 cm³/mol. The monoisotopic (exact) mass is 397 g/mol. The predicted octanol–water partition coefficient (Wildman–Crippen LogP) is 2.70. The number of aromatic amines is 1. The maximum absolute atomic E-state index is 12.9. The van der Waals surface area contributed by atoms with E-state index in [9.17, 15) is 4.79 Å². The molecule has 0 unspecified atom stereocenters. The lowest BCUT2D eigenvalue weighted by atomic mass is 9.92. The van der Waals surface area contributed by atoms with Crippen LogP contribution in [0.2, 0.25) is 0 Å². The molecule has 0 saturated carbocycles. The second kappa shape index (κ2) is 8.84. The van der Waals surface area contributed by atoms with Gasteiger partial charge in [0.05, 0.1) is 0 Å². The standard InChI is InChI=1S/C18H23N5O.2ClH/c1-12-20-17(22-21-12)13-3-2-4-14(9-13)18(24)23-7-5-15-10-19-11-16(15)6-8-23;;/h2-4,9,15-16,19H,5-8,10-11H2,1H3,(H,20,21,22);2*1H/t15-,16+;;. The lowest BCUT2D eigenvalue weighted by molar-refractivity contribution is 0.0758. The SMILES string of the molecule is Cc1nc(-c2cccc(C(=O)N3CC[C@@H]4CNC[C@@H]4CC3)c2)n[nH]1.Cl.Cl. The highest BCUT2D eigenvalue weighted by atomic mass is 35.5. The van der Waals surface area contributed by atoms with E-state index in [2.05, 4.69) is 20.5 Å². The second-order valence-corrected chi connectivity index (χ2v) is 6.87. The van der Waals surface area contributed by atoms with Crippen molar-refractivity contribution in [1.29, 1.82) is 0 Å². The number of H-pyrrole nitrogens is 1. The minimum atomic E-state index is 0. The Labute approximate surface area is 166 Å². The molecule has 0 spiro atoms. The number of aromatic nitrogens is 3. The average Bonchev–Trinajstić information content (AvgIpc) is 3.19. The molecule has 1 aromatic carbocycles. The molecule has 4 rings (SSSR count). The number of carbonyl (C=O) groups is 1. The van der Waals surface area contributed by atoms with Gasteiger partial charge >= 0.3 is 0 Å². The number of benzene rings is 1. The van der Waals surface area contributed by atoms with Gasteiger partial charge in [0.1, 0.15) is 5.82 Å². The van der Waals surface area contributed by atoms with Crippen molar-refractivity contribution in [1.82, 2.24) is 25.4 Å². The van der Waals surface area contributed by atoms with Gasteiger partial charge in [0, 0.05) is 24.2 Å². The number of nitrogens with zero attached hydrogens (tertiary/aromatic N) is 3. The third-order valence-electron chi connectivity index (χ3n) is 5.27. The normalized spacial score (nSPS) is 22.0. The molecule has 1 amide bonds. The lowest BCUT2D eigenvalue weighted by Crippen LogP contribution is -2.32. The van der Waals surface area contributed by atoms with Crippen molar-refractivity contribution in [2.24, 2.45) is 11.8 Å². The van der Waals surface area contributed by atoms with Crippen molar-refractivity contribution in [3.63, 3.8) is 0 Å². The number of fused-ring (bicyclic) bond motifs is 1. The van der Waals surface area contributed by atoms with Crippen LogP contribution in [0.3, 0.4) is 0 Å². The zero-order valence-electron chi connectivity index (χ0n) is 14.8. The Hall–Kier alpha value is -1.63. The van der Waals surface area contributed by atoms with Crippen LogP contribution in [0, 0.1) is 18.8 Å². The molecule has 2 aliphatic heterocycles. The van der Waals surface area contributed by atoms with Crippen LogP contribution >= 0.6 is 24.8 Å². The summed E-state index contributed by atoms with van der Waals surface area (Å²) in [6.45, 7) is 5.78. The summed E-state index contributed by atoms with van der Waals surface area (Å²) in [6, 6.07) is 7.64. The summed E-state index contributed by atoms with van der Waals surface area (Å²) in [6.07, 6.45) is 2.20. The van der Waals surface area contributed by atoms with Crippen molar-refractivity contribution < 1.29 is 4.79 Å². The first-order valence-electron chi connectivity index (χ1n) is 8.70. The summed E-state index contributed by atoms with van der Waals surface area (Å²) in [5.41, 5.74) is 1.60. The Morgan fingerprint density at radius 3 is 2.46 bits per heavy atom. The molecule has 3 heterocycles. The largest absolute Gasteiger partial charge is 0.339 e. The van der Waals surface area contributed by atoms with Gasteiger partial charge in [-0.15, -0.1) is 24.8 Å². The topological polar surface area (TPSA) is 73.9 Å². The fraction of sp³-hybridized carbons (Fsp3) is 0.500. The Kier molecular flexibility index (Phi) is 7.03. The molecule has 2 aliphatic rings. The number of aryl methyl sites for hydroxylation is 1. The molecular formula is C18H25Cl2N5O. The molecule has 2 atom stereocenters. The van der Waals surface area contributed by atoms with Gasteiger partial charge in [-0.2, -0.15) is 5.10 Å². The summed E-state index contributed by atoms with van der Waals surface area (Å²) in [4.78, 5) is 19.3. The van der Waals surface area contributed by atoms with E-state index in [0.29, 0.717) is 5.82 Å². The Balaban J connectivity index is 0.00000121. The van der Waals surface area contributed by atoms with Crippen LogP contribution in [0.15, 0.2) is 24.3 Å². The maximum atomic E-state index is 12.9. The minimum absolute atomic E-state index is 0. The Bertz CT molecular complexity index is 737. The summed E-state index contributed by atoms with van der Waals surface area (Å²) >= 11 is 0. The van der Waals surface area contributed by atoms with Crippen molar-refractivity contribution >= 4 is 30.7 Å². The van der Waals surface area contributed by atoms with Crippen LogP contribution in [-0.4, -0.2) is 52.2 Å². The van der Waals surface area contributed by atoms with Gasteiger partial charge in [-0.3, -0.25) is 9.89 Å². The highest BCUT2D eigenvalue weighted by Gasteiger charge is 2.31. The Morgan fingerprint density at radius 2 is 1.85 bits per heavy atom. The summed E-state index contributed by atoms with van der Waals surface area (Å²) in [5.74, 6) is 2.99. The molecule has 6 nitrogen and oxygen atoms in total. The molecule has 2 N–H and O–H groups in total. The number of nitrogens with one attached hydrogen (secondary N) is 2. The third-order valence-corrected chi connectivity index (χ3v) is 5.27. The molecular weight excluding hydrogens is 373 g/mol. The van der Waals surface area contributed by atoms with Gasteiger partial charge in [0.15, 0.2) is 5.82 Å². The highest BCUT2D eigenvalue weighted by molar-refractivity contribution is 5.95. The van der Waals surface area contributed by atoms with E-state index in [-0.39, 0.29) is 30.7 Å². The number of amides is 1. The van der Waals surface area contributed by atoms with Crippen LogP contribution in [-0.2, 0) is 0 Å². The first-order chi connectivity index (χ1) is 11.7. The maximum Gasteiger partial charge on any atom is 0.253 e. The lowest BCUT2D eigenvalue weighted by Gasteiger charge is -2.21. The molecule has 1 aromatic heterocycles. The Morgan fingerprint density at radius 1 is 1.15 bits per heavy atom. The fourth-order valence-corrected chi connectivity index (χ4v) is 3.87. The number of likely N-dealkylation sites (tertiary alicyclic amines) is 1. The molecule has 26 heavy (non-hydrogen) atoms. The van der Waals surface area contributed by atoms with E-state index in [1.807, 2.05) is 36.1 Å². The van der Waals surface area contributed by atoms with Gasteiger partial charge in [0.2, 0.25) is 0 Å². The number of hydrogen-bond donors (Lipinski definition) is 2. The van der Waals surface area contributed by atoms with Crippen LogP contribution in [0.25, 0.3) is 11.4 Å². The smallest absolute Gasteiger partial charge is 0.253 e. The third kappa shape index (κ3) is 4.19. The zero-order chi connectivity index (χ0) is 16.5. The van der Waals surface area contributed by atoms with E-state index >= 15 is 0 Å². The van der Waals surface area contributed by atoms with Gasteiger partial charge in [-0.25, -0.2) is 4.98 Å². The zero-order valence-corrected chi connectivity index (χ0v) is 16.4. The number of hydrogen-bond acceptors (Lipinski definition) is 4. The van der Waals surface area contributed by atoms with Crippen molar-refractivity contribution in [3.8, 4) is 11.4 Å². The van der Waals surface area contributed by atoms with Crippen LogP contribution in [0.1, 0.15) is 29.0 Å². The van der Waals surface area contributed by atoms with Crippen molar-refractivity contribution in [3.05, 3.63) is 35.7 Å². The summed E-state index contributed by atoms with van der Waals surface area (Å²) in [7, 11) is 0. The highest BCUT2D eigenvalue weighted by Crippen LogP contribution is 2.28. The van der Waals surface area contributed by atoms with Crippen LogP contribution in [0.5, 0.6) is 0 Å². The average molecular weight is 398 g/mol. The van der Waals surface area contributed by atoms with Gasteiger partial charge in [-0.05, 0) is 56.8 Å². The number of halogens is 2. The molecule has 2 fully saturated rings. The minimum Gasteiger partial charge on any atom is -0.339 e. The van der Waals surface area contributed by atoms with Gasteiger partial charge in [0.25, 0.3) is 5.91 Å². The number of rotatable bonds is 2. The molecule has 142 valence electrons. The number of carbonyl (C=O) groups excluding carboxylic acids is 1. The van der Waals surface area contributed by atoms with E-state index in [1.165, 1.54) is 0 Å². The van der Waals surface area contributed by atoms with Crippen LogP contribution < -0.4 is 5.32 Å².